The molecule has 1 saturated carbocycles. The molecule has 120 valence electrons. The van der Waals surface area contributed by atoms with Crippen molar-refractivity contribution in [1.82, 2.24) is 9.88 Å². The van der Waals surface area contributed by atoms with Crippen LogP contribution in [0.25, 0.3) is 10.9 Å². The quantitative estimate of drug-likeness (QED) is 0.895. The van der Waals surface area contributed by atoms with Gasteiger partial charge in [0.1, 0.15) is 6.04 Å². The van der Waals surface area contributed by atoms with E-state index in [1.807, 2.05) is 24.4 Å². The van der Waals surface area contributed by atoms with Crippen LogP contribution in [-0.2, 0) is 4.79 Å². The zero-order valence-corrected chi connectivity index (χ0v) is 12.9. The summed E-state index contributed by atoms with van der Waals surface area (Å²) < 4.78 is 0. The number of aromatic nitrogens is 1. The van der Waals surface area contributed by atoms with Crippen LogP contribution in [0.5, 0.6) is 0 Å². The van der Waals surface area contributed by atoms with Crippen LogP contribution in [0.1, 0.15) is 42.5 Å². The van der Waals surface area contributed by atoms with Gasteiger partial charge in [0, 0.05) is 28.7 Å². The first-order chi connectivity index (χ1) is 11.1. The maximum Gasteiger partial charge on any atom is 0.326 e. The minimum atomic E-state index is -0.879. The van der Waals surface area contributed by atoms with Crippen LogP contribution in [-0.4, -0.2) is 39.0 Å². The lowest BCUT2D eigenvalue weighted by Gasteiger charge is -2.33. The maximum atomic E-state index is 13.0. The molecule has 1 saturated heterocycles. The van der Waals surface area contributed by atoms with Crippen molar-refractivity contribution >= 4 is 22.8 Å². The van der Waals surface area contributed by atoms with Gasteiger partial charge in [-0.05, 0) is 49.4 Å². The fraction of sp³-hybridized carbons (Fsp3) is 0.444. The van der Waals surface area contributed by atoms with Crippen LogP contribution in [0.15, 0.2) is 30.5 Å². The van der Waals surface area contributed by atoms with Crippen LogP contribution in [0.2, 0.25) is 0 Å². The number of nitrogens with one attached hydrogen (secondary N) is 1. The Kier molecular flexibility index (Phi) is 3.36. The van der Waals surface area contributed by atoms with E-state index in [1.54, 1.807) is 11.0 Å². The monoisotopic (exact) mass is 312 g/mol. The van der Waals surface area contributed by atoms with Gasteiger partial charge in [-0.2, -0.15) is 0 Å². The Bertz CT molecular complexity index is 766. The second-order valence-corrected chi connectivity index (χ2v) is 6.69. The van der Waals surface area contributed by atoms with Crippen LogP contribution < -0.4 is 0 Å². The molecule has 1 aromatic heterocycles. The molecule has 1 aliphatic heterocycles. The number of benzene rings is 1. The van der Waals surface area contributed by atoms with E-state index in [-0.39, 0.29) is 11.9 Å². The molecular formula is C18H20N2O3. The van der Waals surface area contributed by atoms with E-state index in [0.717, 1.165) is 36.6 Å². The highest BCUT2D eigenvalue weighted by atomic mass is 16.4. The van der Waals surface area contributed by atoms with Crippen LogP contribution in [0, 0.1) is 5.92 Å². The normalized spacial score (nSPS) is 27.1. The topological polar surface area (TPSA) is 73.4 Å². The van der Waals surface area contributed by atoms with Crippen molar-refractivity contribution in [3.05, 3.63) is 36.0 Å². The first kappa shape index (κ1) is 14.3. The molecule has 3 unspecified atom stereocenters. The predicted octanol–water partition coefficient (Wildman–Crippen LogP) is 3.03. The Hall–Kier alpha value is -2.30. The van der Waals surface area contributed by atoms with E-state index in [9.17, 15) is 14.7 Å². The number of hydrogen-bond acceptors (Lipinski definition) is 2. The lowest BCUT2D eigenvalue weighted by Crippen LogP contribution is -2.46. The van der Waals surface area contributed by atoms with Crippen molar-refractivity contribution in [3.8, 4) is 0 Å². The Morgan fingerprint density at radius 1 is 1.17 bits per heavy atom. The highest BCUT2D eigenvalue weighted by Gasteiger charge is 2.47. The highest BCUT2D eigenvalue weighted by Crippen LogP contribution is 2.40. The van der Waals surface area contributed by atoms with Crippen molar-refractivity contribution in [3.63, 3.8) is 0 Å². The Labute approximate surface area is 134 Å². The molecule has 3 atom stereocenters. The highest BCUT2D eigenvalue weighted by molar-refractivity contribution is 6.00. The van der Waals surface area contributed by atoms with Gasteiger partial charge in [0.05, 0.1) is 0 Å². The third-order valence-corrected chi connectivity index (χ3v) is 5.41. The minimum Gasteiger partial charge on any atom is -0.480 e. The third-order valence-electron chi connectivity index (χ3n) is 5.41. The summed E-state index contributed by atoms with van der Waals surface area (Å²) in [6.45, 7) is 0. The number of aromatic amines is 1. The number of likely N-dealkylation sites (tertiary alicyclic amines) is 1. The second kappa shape index (κ2) is 5.41. The Morgan fingerprint density at radius 2 is 2.00 bits per heavy atom. The number of nitrogens with zero attached hydrogens (tertiary/aromatic N) is 1. The number of carboxylic acids is 1. The van der Waals surface area contributed by atoms with E-state index in [0.29, 0.717) is 17.9 Å². The van der Waals surface area contributed by atoms with Gasteiger partial charge >= 0.3 is 5.97 Å². The number of H-pyrrole nitrogens is 1. The van der Waals surface area contributed by atoms with E-state index in [1.165, 1.54) is 0 Å². The van der Waals surface area contributed by atoms with E-state index in [2.05, 4.69) is 4.98 Å². The average Bonchev–Trinajstić information content (AvgIpc) is 3.17. The summed E-state index contributed by atoms with van der Waals surface area (Å²) in [5.74, 6) is -0.685. The number of carbonyl (C=O) groups is 2. The summed E-state index contributed by atoms with van der Waals surface area (Å²) in [7, 11) is 0. The number of aliphatic carboxylic acids is 1. The lowest BCUT2D eigenvalue weighted by atomic mass is 9.84. The SMILES string of the molecule is O=C(O)C1CC2CCCCC2N1C(=O)c1ccc2[nH]ccc2c1. The van der Waals surface area contributed by atoms with E-state index in [4.69, 9.17) is 0 Å². The summed E-state index contributed by atoms with van der Waals surface area (Å²) in [5, 5.41) is 10.5. The van der Waals surface area contributed by atoms with Gasteiger partial charge < -0.3 is 15.0 Å². The minimum absolute atomic E-state index is 0.0827. The molecule has 2 aromatic rings. The zero-order chi connectivity index (χ0) is 16.0. The zero-order valence-electron chi connectivity index (χ0n) is 12.9. The van der Waals surface area contributed by atoms with Gasteiger partial charge in [-0.25, -0.2) is 4.79 Å². The van der Waals surface area contributed by atoms with Gasteiger partial charge in [-0.3, -0.25) is 4.79 Å². The summed E-state index contributed by atoms with van der Waals surface area (Å²) >= 11 is 0. The van der Waals surface area contributed by atoms with Gasteiger partial charge in [0.25, 0.3) is 5.91 Å². The molecule has 2 aliphatic rings. The molecule has 0 radical (unpaired) electrons. The summed E-state index contributed by atoms with van der Waals surface area (Å²) in [5.41, 5.74) is 1.56. The van der Waals surface area contributed by atoms with E-state index < -0.39 is 12.0 Å². The summed E-state index contributed by atoms with van der Waals surface area (Å²) in [6, 6.07) is 6.84. The molecule has 0 bridgehead atoms. The number of carboxylic acid groups (broad SMARTS) is 1. The predicted molar refractivity (Wildman–Crippen MR) is 86.3 cm³/mol. The second-order valence-electron chi connectivity index (χ2n) is 6.69. The van der Waals surface area contributed by atoms with Gasteiger partial charge in [-0.15, -0.1) is 0 Å². The van der Waals surface area contributed by atoms with Crippen LogP contribution >= 0.6 is 0 Å². The number of amides is 1. The van der Waals surface area contributed by atoms with Crippen molar-refractivity contribution in [2.75, 3.05) is 0 Å². The van der Waals surface area contributed by atoms with Crippen molar-refractivity contribution < 1.29 is 14.7 Å². The van der Waals surface area contributed by atoms with Gasteiger partial charge in [0.15, 0.2) is 0 Å². The molecule has 5 heteroatoms. The van der Waals surface area contributed by atoms with Crippen LogP contribution in [0.4, 0.5) is 0 Å². The molecular weight excluding hydrogens is 292 g/mol. The largest absolute Gasteiger partial charge is 0.480 e. The van der Waals surface area contributed by atoms with Crippen LogP contribution in [0.3, 0.4) is 0 Å². The first-order valence-corrected chi connectivity index (χ1v) is 8.28. The lowest BCUT2D eigenvalue weighted by molar-refractivity contribution is -0.141. The molecule has 1 aliphatic carbocycles. The average molecular weight is 312 g/mol. The fourth-order valence-electron chi connectivity index (χ4n) is 4.31. The number of hydrogen-bond donors (Lipinski definition) is 2. The third kappa shape index (κ3) is 2.31. The molecule has 0 spiro atoms. The number of rotatable bonds is 2. The van der Waals surface area contributed by atoms with E-state index >= 15 is 0 Å². The van der Waals surface area contributed by atoms with Crippen molar-refractivity contribution in [2.24, 2.45) is 5.92 Å². The molecule has 1 amide bonds. The Balaban J connectivity index is 1.70. The number of carbonyl (C=O) groups excluding carboxylic acids is 1. The van der Waals surface area contributed by atoms with Gasteiger partial charge in [0.2, 0.25) is 0 Å². The molecule has 23 heavy (non-hydrogen) atoms. The fourth-order valence-corrected chi connectivity index (χ4v) is 4.31. The molecule has 2 fully saturated rings. The van der Waals surface area contributed by atoms with Crippen molar-refractivity contribution in [2.45, 2.75) is 44.2 Å². The molecule has 2 heterocycles. The number of fused-ring (bicyclic) bond motifs is 2. The summed E-state index contributed by atoms with van der Waals surface area (Å²) in [4.78, 5) is 29.5. The standard InChI is InChI=1S/C18H20N2O3/c21-17(13-5-6-14-11(9-13)7-8-19-14)20-15-4-2-1-3-12(15)10-16(20)18(22)23/h5-9,12,15-16,19H,1-4,10H2,(H,22,23). The Morgan fingerprint density at radius 3 is 2.83 bits per heavy atom. The van der Waals surface area contributed by atoms with Crippen molar-refractivity contribution in [1.29, 1.82) is 0 Å². The van der Waals surface area contributed by atoms with Gasteiger partial charge in [-0.1, -0.05) is 12.8 Å². The smallest absolute Gasteiger partial charge is 0.326 e. The first-order valence-electron chi connectivity index (χ1n) is 8.28. The molecule has 4 rings (SSSR count). The summed E-state index contributed by atoms with van der Waals surface area (Å²) in [6.07, 6.45) is 6.62. The molecule has 1 aromatic carbocycles. The molecule has 5 nitrogen and oxygen atoms in total. The molecule has 2 N–H and O–H groups in total. The maximum absolute atomic E-state index is 13.0.